The van der Waals surface area contributed by atoms with Crippen molar-refractivity contribution in [3.05, 3.63) is 0 Å². The molecule has 1 aliphatic carbocycles. The van der Waals surface area contributed by atoms with Crippen molar-refractivity contribution in [1.82, 2.24) is 16.0 Å². The van der Waals surface area contributed by atoms with Crippen molar-refractivity contribution in [2.45, 2.75) is 57.2 Å². The Hall–Kier alpha value is -0.610. The maximum absolute atomic E-state index is 11.8. The monoisotopic (exact) mass is 225 g/mol. The SMILES string of the molecule is CC(NC1CCCNCC1)C(=O)NC1CC1. The molecule has 1 heterocycles. The summed E-state index contributed by atoms with van der Waals surface area (Å²) < 4.78 is 0. The molecule has 4 nitrogen and oxygen atoms in total. The average molecular weight is 225 g/mol. The first kappa shape index (κ1) is 11.9. The van der Waals surface area contributed by atoms with Crippen LogP contribution >= 0.6 is 0 Å². The molecule has 2 rings (SSSR count). The molecule has 1 amide bonds. The molecule has 1 aliphatic heterocycles. The van der Waals surface area contributed by atoms with Gasteiger partial charge in [0.2, 0.25) is 5.91 Å². The van der Waals surface area contributed by atoms with Gasteiger partial charge in [0.05, 0.1) is 6.04 Å². The van der Waals surface area contributed by atoms with E-state index in [4.69, 9.17) is 0 Å². The zero-order valence-corrected chi connectivity index (χ0v) is 10.1. The van der Waals surface area contributed by atoms with Crippen molar-refractivity contribution in [2.24, 2.45) is 0 Å². The first-order valence-corrected chi connectivity index (χ1v) is 6.53. The van der Waals surface area contributed by atoms with Gasteiger partial charge in [0.1, 0.15) is 0 Å². The van der Waals surface area contributed by atoms with Crippen LogP contribution in [0.3, 0.4) is 0 Å². The number of nitrogens with one attached hydrogen (secondary N) is 3. The molecule has 1 saturated carbocycles. The highest BCUT2D eigenvalue weighted by molar-refractivity contribution is 5.81. The lowest BCUT2D eigenvalue weighted by Crippen LogP contribution is -2.47. The largest absolute Gasteiger partial charge is 0.352 e. The van der Waals surface area contributed by atoms with Crippen LogP contribution in [0.4, 0.5) is 0 Å². The summed E-state index contributed by atoms with van der Waals surface area (Å²) in [6.45, 7) is 4.14. The van der Waals surface area contributed by atoms with Gasteiger partial charge in [-0.25, -0.2) is 0 Å². The molecule has 0 aromatic heterocycles. The van der Waals surface area contributed by atoms with Gasteiger partial charge in [-0.05, 0) is 52.1 Å². The third kappa shape index (κ3) is 3.76. The molecule has 0 spiro atoms. The van der Waals surface area contributed by atoms with Crippen LogP contribution in [0.2, 0.25) is 0 Å². The van der Waals surface area contributed by atoms with Crippen LogP contribution < -0.4 is 16.0 Å². The number of rotatable bonds is 4. The molecule has 2 atom stereocenters. The summed E-state index contributed by atoms with van der Waals surface area (Å²) in [6.07, 6.45) is 5.82. The quantitative estimate of drug-likeness (QED) is 0.648. The van der Waals surface area contributed by atoms with Crippen molar-refractivity contribution < 1.29 is 4.79 Å². The minimum Gasteiger partial charge on any atom is -0.352 e. The highest BCUT2D eigenvalue weighted by Crippen LogP contribution is 2.18. The van der Waals surface area contributed by atoms with E-state index in [1.807, 2.05) is 6.92 Å². The van der Waals surface area contributed by atoms with Gasteiger partial charge < -0.3 is 16.0 Å². The van der Waals surface area contributed by atoms with E-state index in [9.17, 15) is 4.79 Å². The molecule has 0 aromatic carbocycles. The third-order valence-corrected chi connectivity index (χ3v) is 3.38. The summed E-state index contributed by atoms with van der Waals surface area (Å²) in [6, 6.07) is 0.909. The van der Waals surface area contributed by atoms with Crippen molar-refractivity contribution >= 4 is 5.91 Å². The van der Waals surface area contributed by atoms with Gasteiger partial charge in [-0.1, -0.05) is 0 Å². The molecule has 4 heteroatoms. The zero-order valence-electron chi connectivity index (χ0n) is 10.1. The van der Waals surface area contributed by atoms with Crippen molar-refractivity contribution in [3.8, 4) is 0 Å². The van der Waals surface area contributed by atoms with E-state index in [0.717, 1.165) is 32.4 Å². The molecule has 0 bridgehead atoms. The number of carbonyl (C=O) groups is 1. The molecule has 2 aliphatic rings. The van der Waals surface area contributed by atoms with Gasteiger partial charge in [0.15, 0.2) is 0 Å². The lowest BCUT2D eigenvalue weighted by Gasteiger charge is -2.21. The van der Waals surface area contributed by atoms with E-state index in [1.165, 1.54) is 12.8 Å². The Bertz CT molecular complexity index is 232. The Balaban J connectivity index is 1.71. The molecular formula is C12H23N3O. The fourth-order valence-electron chi connectivity index (χ4n) is 2.17. The van der Waals surface area contributed by atoms with Crippen LogP contribution in [0.1, 0.15) is 39.0 Å². The predicted octanol–water partition coefficient (Wildman–Crippen LogP) is 0.385. The topological polar surface area (TPSA) is 53.2 Å². The smallest absolute Gasteiger partial charge is 0.237 e. The first-order valence-electron chi connectivity index (χ1n) is 6.53. The second-order valence-electron chi connectivity index (χ2n) is 5.05. The summed E-state index contributed by atoms with van der Waals surface area (Å²) in [5.41, 5.74) is 0. The third-order valence-electron chi connectivity index (χ3n) is 3.38. The van der Waals surface area contributed by atoms with Gasteiger partial charge in [-0.2, -0.15) is 0 Å². The Morgan fingerprint density at radius 1 is 1.19 bits per heavy atom. The molecule has 92 valence electrons. The first-order chi connectivity index (χ1) is 7.75. The fraction of sp³-hybridized carbons (Fsp3) is 0.917. The van der Waals surface area contributed by atoms with Crippen molar-refractivity contribution in [3.63, 3.8) is 0 Å². The zero-order chi connectivity index (χ0) is 11.4. The highest BCUT2D eigenvalue weighted by Gasteiger charge is 2.26. The number of hydrogen-bond acceptors (Lipinski definition) is 3. The standard InChI is InChI=1S/C12H23N3O/c1-9(12(16)15-11-4-5-11)14-10-3-2-7-13-8-6-10/h9-11,13-14H,2-8H2,1H3,(H,15,16). The van der Waals surface area contributed by atoms with Gasteiger partial charge >= 0.3 is 0 Å². The van der Waals surface area contributed by atoms with Gasteiger partial charge in [0.25, 0.3) is 0 Å². The van der Waals surface area contributed by atoms with E-state index in [0.29, 0.717) is 12.1 Å². The Morgan fingerprint density at radius 3 is 2.75 bits per heavy atom. The summed E-state index contributed by atoms with van der Waals surface area (Å²) in [5, 5.41) is 9.86. The molecule has 0 aromatic rings. The molecular weight excluding hydrogens is 202 g/mol. The maximum Gasteiger partial charge on any atom is 0.237 e. The Labute approximate surface area is 97.6 Å². The van der Waals surface area contributed by atoms with E-state index in [-0.39, 0.29) is 11.9 Å². The number of carbonyl (C=O) groups excluding carboxylic acids is 1. The van der Waals surface area contributed by atoms with E-state index >= 15 is 0 Å². The maximum atomic E-state index is 11.8. The van der Waals surface area contributed by atoms with Gasteiger partial charge in [-0.3, -0.25) is 4.79 Å². The number of amides is 1. The van der Waals surface area contributed by atoms with Crippen molar-refractivity contribution in [2.75, 3.05) is 13.1 Å². The molecule has 3 N–H and O–H groups in total. The normalized spacial score (nSPS) is 28.2. The van der Waals surface area contributed by atoms with Crippen LogP contribution in [-0.2, 0) is 4.79 Å². The lowest BCUT2D eigenvalue weighted by atomic mass is 10.1. The second kappa shape index (κ2) is 5.64. The van der Waals surface area contributed by atoms with Crippen LogP contribution in [0, 0.1) is 0 Å². The predicted molar refractivity (Wildman–Crippen MR) is 64.3 cm³/mol. The van der Waals surface area contributed by atoms with E-state index in [1.54, 1.807) is 0 Å². The molecule has 1 saturated heterocycles. The van der Waals surface area contributed by atoms with Crippen molar-refractivity contribution in [1.29, 1.82) is 0 Å². The minimum absolute atomic E-state index is 0.0521. The van der Waals surface area contributed by atoms with Crippen LogP contribution in [0.15, 0.2) is 0 Å². The Kier molecular flexibility index (Phi) is 4.18. The van der Waals surface area contributed by atoms with E-state index < -0.39 is 0 Å². The lowest BCUT2D eigenvalue weighted by molar-refractivity contribution is -0.123. The second-order valence-corrected chi connectivity index (χ2v) is 5.05. The van der Waals surface area contributed by atoms with E-state index in [2.05, 4.69) is 16.0 Å². The fourth-order valence-corrected chi connectivity index (χ4v) is 2.17. The molecule has 2 fully saturated rings. The molecule has 16 heavy (non-hydrogen) atoms. The average Bonchev–Trinajstić information content (AvgIpc) is 3.05. The highest BCUT2D eigenvalue weighted by atomic mass is 16.2. The summed E-state index contributed by atoms with van der Waals surface area (Å²) in [4.78, 5) is 11.8. The summed E-state index contributed by atoms with van der Waals surface area (Å²) in [5.74, 6) is 0.166. The molecule has 0 radical (unpaired) electrons. The van der Waals surface area contributed by atoms with Gasteiger partial charge in [0, 0.05) is 12.1 Å². The van der Waals surface area contributed by atoms with Gasteiger partial charge in [-0.15, -0.1) is 0 Å². The van der Waals surface area contributed by atoms with Crippen LogP contribution in [-0.4, -0.2) is 37.1 Å². The number of hydrogen-bond donors (Lipinski definition) is 3. The summed E-state index contributed by atoms with van der Waals surface area (Å²) in [7, 11) is 0. The van der Waals surface area contributed by atoms with Crippen LogP contribution in [0.25, 0.3) is 0 Å². The van der Waals surface area contributed by atoms with Crippen LogP contribution in [0.5, 0.6) is 0 Å². The summed E-state index contributed by atoms with van der Waals surface area (Å²) >= 11 is 0. The minimum atomic E-state index is -0.0521. The Morgan fingerprint density at radius 2 is 2.00 bits per heavy atom. The molecule has 2 unspecified atom stereocenters.